The van der Waals surface area contributed by atoms with Crippen LogP contribution in [0.15, 0.2) is 41.8 Å². The van der Waals surface area contributed by atoms with E-state index in [9.17, 15) is 24.6 Å². The van der Waals surface area contributed by atoms with Gasteiger partial charge in [-0.15, -0.1) is 11.3 Å². The number of anilines is 1. The Labute approximate surface area is 147 Å². The molecule has 0 aliphatic heterocycles. The highest BCUT2D eigenvalue weighted by Crippen LogP contribution is 2.21. The van der Waals surface area contributed by atoms with Crippen LogP contribution >= 0.6 is 11.3 Å². The molecule has 2 rings (SSSR count). The molecule has 0 aliphatic carbocycles. The van der Waals surface area contributed by atoms with Gasteiger partial charge in [0.05, 0.1) is 4.88 Å². The number of hydrogen-bond acceptors (Lipinski definition) is 5. The molecule has 0 radical (unpaired) electrons. The maximum atomic E-state index is 12.0. The lowest BCUT2D eigenvalue weighted by Crippen LogP contribution is -2.51. The molecule has 0 unspecified atom stereocenters. The fourth-order valence-corrected chi connectivity index (χ4v) is 2.88. The van der Waals surface area contributed by atoms with Gasteiger partial charge in [0.1, 0.15) is 0 Å². The fraction of sp³-hybridized carbons (Fsp3) is 0.235. The summed E-state index contributed by atoms with van der Waals surface area (Å²) in [6, 6.07) is 9.76. The Balaban J connectivity index is 2.14. The lowest BCUT2D eigenvalue weighted by Gasteiger charge is -2.24. The van der Waals surface area contributed by atoms with Crippen molar-refractivity contribution in [1.82, 2.24) is 0 Å². The van der Waals surface area contributed by atoms with E-state index < -0.39 is 17.5 Å². The van der Waals surface area contributed by atoms with Crippen LogP contribution in [0.2, 0.25) is 0 Å². The normalized spacial score (nSPS) is 11.1. The maximum Gasteiger partial charge on any atom is 0.348 e. The van der Waals surface area contributed by atoms with Gasteiger partial charge in [-0.25, -0.2) is 9.59 Å². The van der Waals surface area contributed by atoms with E-state index in [1.165, 1.54) is 18.3 Å². The zero-order valence-electron chi connectivity index (χ0n) is 13.4. The predicted octanol–water partition coefficient (Wildman–Crippen LogP) is 2.49. The molecule has 0 atom stereocenters. The number of carbonyl (C=O) groups excluding carboxylic acids is 1. The van der Waals surface area contributed by atoms with Crippen LogP contribution < -0.4 is 5.32 Å². The van der Waals surface area contributed by atoms with E-state index in [4.69, 9.17) is 4.74 Å². The molecule has 1 aromatic heterocycles. The average molecular weight is 363 g/mol. The van der Waals surface area contributed by atoms with Crippen LogP contribution in [0.1, 0.15) is 22.2 Å². The molecule has 8 heteroatoms. The number of thiophene rings is 1. The second-order valence-corrected chi connectivity index (χ2v) is 6.12. The summed E-state index contributed by atoms with van der Waals surface area (Å²) in [7, 11) is 0. The topological polar surface area (TPSA) is 113 Å². The molecule has 0 aliphatic rings. The first kappa shape index (κ1) is 18.6. The van der Waals surface area contributed by atoms with Crippen LogP contribution in [-0.4, -0.2) is 40.3 Å². The Morgan fingerprint density at radius 3 is 2.24 bits per heavy atom. The molecule has 3 N–H and O–H groups in total. The number of aliphatic carboxylic acids is 2. The van der Waals surface area contributed by atoms with Crippen molar-refractivity contribution in [3.63, 3.8) is 0 Å². The molecule has 0 saturated carbocycles. The smallest absolute Gasteiger partial charge is 0.348 e. The second kappa shape index (κ2) is 7.91. The molecule has 0 spiro atoms. The van der Waals surface area contributed by atoms with Gasteiger partial charge in [0, 0.05) is 18.7 Å². The summed E-state index contributed by atoms with van der Waals surface area (Å²) < 4.78 is 5.03. The lowest BCUT2D eigenvalue weighted by molar-refractivity contribution is -0.182. The van der Waals surface area contributed by atoms with Gasteiger partial charge < -0.3 is 20.3 Å². The zero-order valence-corrected chi connectivity index (χ0v) is 14.2. The first-order valence-corrected chi connectivity index (χ1v) is 8.31. The van der Waals surface area contributed by atoms with Crippen molar-refractivity contribution in [2.45, 2.75) is 18.9 Å². The summed E-state index contributed by atoms with van der Waals surface area (Å²) in [5.41, 5.74) is -1.35. The number of carboxylic acids is 2. The summed E-state index contributed by atoms with van der Waals surface area (Å²) in [5, 5.41) is 23.1. The number of benzene rings is 1. The van der Waals surface area contributed by atoms with E-state index in [0.29, 0.717) is 16.1 Å². The molecule has 7 nitrogen and oxygen atoms in total. The van der Waals surface area contributed by atoms with Crippen molar-refractivity contribution in [3.05, 3.63) is 52.2 Å². The highest BCUT2D eigenvalue weighted by Gasteiger charge is 2.48. The third-order valence-corrected chi connectivity index (χ3v) is 4.36. The highest BCUT2D eigenvalue weighted by atomic mass is 32.1. The van der Waals surface area contributed by atoms with E-state index in [1.807, 2.05) is 0 Å². The van der Waals surface area contributed by atoms with Gasteiger partial charge in [0.25, 0.3) is 11.5 Å². The van der Waals surface area contributed by atoms with Crippen LogP contribution in [0.4, 0.5) is 5.69 Å². The number of ether oxygens (including phenoxy) is 1. The van der Waals surface area contributed by atoms with Crippen molar-refractivity contribution < 1.29 is 29.3 Å². The Hall–Kier alpha value is -2.71. The SMILES string of the molecule is CCOC(Cc1ccc(NC(=O)c2cccs2)cc1)(C(=O)O)C(=O)O. The van der Waals surface area contributed by atoms with Crippen LogP contribution in [0.5, 0.6) is 0 Å². The van der Waals surface area contributed by atoms with E-state index in [2.05, 4.69) is 5.32 Å². The van der Waals surface area contributed by atoms with Gasteiger partial charge in [-0.05, 0) is 36.1 Å². The quantitative estimate of drug-likeness (QED) is 0.621. The minimum absolute atomic E-state index is 0.0481. The van der Waals surface area contributed by atoms with E-state index >= 15 is 0 Å². The molecule has 0 saturated heterocycles. The standard InChI is InChI=1S/C17H17NO6S/c1-2-24-17(15(20)21,16(22)23)10-11-5-7-12(8-6-11)18-14(19)13-4-3-9-25-13/h3-9H,2,10H2,1H3,(H,18,19)(H,20,21)(H,22,23). The molecule has 2 aromatic rings. The summed E-state index contributed by atoms with van der Waals surface area (Å²) in [4.78, 5) is 35.4. The van der Waals surface area contributed by atoms with Gasteiger partial charge in [-0.2, -0.15) is 0 Å². The lowest BCUT2D eigenvalue weighted by atomic mass is 9.94. The summed E-state index contributed by atoms with van der Waals surface area (Å²) in [5.74, 6) is -3.36. The van der Waals surface area contributed by atoms with Gasteiger partial charge in [0.2, 0.25) is 0 Å². The number of carbonyl (C=O) groups is 3. The van der Waals surface area contributed by atoms with Crippen molar-refractivity contribution in [1.29, 1.82) is 0 Å². The monoisotopic (exact) mass is 363 g/mol. The van der Waals surface area contributed by atoms with Crippen molar-refractivity contribution in [2.75, 3.05) is 11.9 Å². The summed E-state index contributed by atoms with van der Waals surface area (Å²) >= 11 is 1.31. The molecule has 1 aromatic carbocycles. The van der Waals surface area contributed by atoms with Crippen molar-refractivity contribution in [2.24, 2.45) is 0 Å². The highest BCUT2D eigenvalue weighted by molar-refractivity contribution is 7.12. The summed E-state index contributed by atoms with van der Waals surface area (Å²) in [6.45, 7) is 1.48. The molecular formula is C17H17NO6S. The number of rotatable bonds is 8. The minimum atomic E-state index is -2.34. The first-order chi connectivity index (χ1) is 11.9. The number of carboxylic acid groups (broad SMARTS) is 2. The van der Waals surface area contributed by atoms with E-state index in [1.54, 1.807) is 41.8 Å². The van der Waals surface area contributed by atoms with Gasteiger partial charge >= 0.3 is 11.9 Å². The van der Waals surface area contributed by atoms with Crippen LogP contribution in [0.3, 0.4) is 0 Å². The Bertz CT molecular complexity index is 740. The van der Waals surface area contributed by atoms with Gasteiger partial charge in [-0.1, -0.05) is 18.2 Å². The fourth-order valence-electron chi connectivity index (χ4n) is 2.26. The number of amides is 1. The van der Waals surface area contributed by atoms with E-state index in [-0.39, 0.29) is 18.9 Å². The molecule has 0 bridgehead atoms. The third kappa shape index (κ3) is 4.23. The first-order valence-electron chi connectivity index (χ1n) is 7.43. The Morgan fingerprint density at radius 2 is 1.76 bits per heavy atom. The maximum absolute atomic E-state index is 12.0. The van der Waals surface area contributed by atoms with Crippen LogP contribution in [0.25, 0.3) is 0 Å². The summed E-state index contributed by atoms with van der Waals surface area (Å²) in [6.07, 6.45) is -0.329. The number of hydrogen-bond donors (Lipinski definition) is 3. The van der Waals surface area contributed by atoms with Crippen LogP contribution in [-0.2, 0) is 20.7 Å². The molecule has 1 heterocycles. The molecule has 25 heavy (non-hydrogen) atoms. The molecule has 1 amide bonds. The van der Waals surface area contributed by atoms with Crippen molar-refractivity contribution in [3.8, 4) is 0 Å². The van der Waals surface area contributed by atoms with Crippen LogP contribution in [0, 0.1) is 0 Å². The molecular weight excluding hydrogens is 346 g/mol. The van der Waals surface area contributed by atoms with Gasteiger partial charge in [0.15, 0.2) is 0 Å². The Morgan fingerprint density at radius 1 is 1.12 bits per heavy atom. The largest absolute Gasteiger partial charge is 0.479 e. The number of nitrogens with one attached hydrogen (secondary N) is 1. The van der Waals surface area contributed by atoms with Gasteiger partial charge in [-0.3, -0.25) is 4.79 Å². The molecule has 132 valence electrons. The van der Waals surface area contributed by atoms with E-state index in [0.717, 1.165) is 0 Å². The molecule has 0 fully saturated rings. The van der Waals surface area contributed by atoms with Crippen molar-refractivity contribution >= 4 is 34.9 Å². The third-order valence-electron chi connectivity index (χ3n) is 3.49. The minimum Gasteiger partial charge on any atom is -0.479 e. The second-order valence-electron chi connectivity index (χ2n) is 5.18. The predicted molar refractivity (Wildman–Crippen MR) is 92.0 cm³/mol. The Kier molecular flexibility index (Phi) is 5.89. The average Bonchev–Trinajstić information content (AvgIpc) is 3.10. The zero-order chi connectivity index (χ0) is 18.4.